The van der Waals surface area contributed by atoms with Gasteiger partial charge >= 0.3 is 0 Å². The maximum absolute atomic E-state index is 12.7. The molecule has 3 rings (SSSR count). The molecule has 8 heteroatoms. The number of hydrogen-bond acceptors (Lipinski definition) is 4. The molecule has 1 aromatic rings. The lowest BCUT2D eigenvalue weighted by Gasteiger charge is -2.35. The van der Waals surface area contributed by atoms with Crippen LogP contribution in [0.4, 0.5) is 5.69 Å². The second kappa shape index (κ2) is 8.87. The third kappa shape index (κ3) is 4.65. The Morgan fingerprint density at radius 1 is 1.44 bits per heavy atom. The maximum atomic E-state index is 12.7. The molecule has 25 heavy (non-hydrogen) atoms. The average molecular weight is 433 g/mol. The summed E-state index contributed by atoms with van der Waals surface area (Å²) in [6.07, 6.45) is 2.15. The fraction of sp³-hybridized carbons (Fsp3) is 0.529. The molecule has 2 aliphatic heterocycles. The molecule has 2 aliphatic rings. The van der Waals surface area contributed by atoms with Gasteiger partial charge in [-0.2, -0.15) is 0 Å². The molecule has 6 nitrogen and oxygen atoms in total. The van der Waals surface area contributed by atoms with Gasteiger partial charge in [0.05, 0.1) is 5.69 Å². The van der Waals surface area contributed by atoms with Gasteiger partial charge in [0.2, 0.25) is 5.91 Å². The van der Waals surface area contributed by atoms with Crippen molar-refractivity contribution in [3.8, 4) is 5.75 Å². The van der Waals surface area contributed by atoms with Crippen LogP contribution in [0, 0.1) is 5.92 Å². The number of fused-ring (bicyclic) bond motifs is 1. The Morgan fingerprint density at radius 2 is 2.24 bits per heavy atom. The highest BCUT2D eigenvalue weighted by atomic mass is 79.9. The van der Waals surface area contributed by atoms with Crippen LogP contribution in [0.5, 0.6) is 5.75 Å². The fourth-order valence-corrected chi connectivity index (χ4v) is 3.67. The Hall–Kier alpha value is -1.31. The van der Waals surface area contributed by atoms with Crippen LogP contribution in [0.15, 0.2) is 22.7 Å². The lowest BCUT2D eigenvalue weighted by molar-refractivity contribution is -0.133. The van der Waals surface area contributed by atoms with Crippen LogP contribution in [0.2, 0.25) is 0 Å². The number of halogens is 2. The van der Waals surface area contributed by atoms with Gasteiger partial charge in [-0.05, 0) is 50.6 Å². The summed E-state index contributed by atoms with van der Waals surface area (Å²) < 4.78 is 6.35. The molecule has 0 saturated carbocycles. The van der Waals surface area contributed by atoms with Gasteiger partial charge in [0.1, 0.15) is 12.3 Å². The average Bonchev–Trinajstić information content (AvgIpc) is 2.58. The molecular formula is C17H23BrClN3O3. The van der Waals surface area contributed by atoms with E-state index in [2.05, 4.69) is 21.2 Å². The van der Waals surface area contributed by atoms with Gasteiger partial charge in [-0.3, -0.25) is 14.5 Å². The van der Waals surface area contributed by atoms with Crippen molar-refractivity contribution in [2.24, 2.45) is 5.92 Å². The van der Waals surface area contributed by atoms with E-state index in [0.717, 1.165) is 36.9 Å². The van der Waals surface area contributed by atoms with Crippen LogP contribution in [-0.2, 0) is 9.59 Å². The van der Waals surface area contributed by atoms with Crippen LogP contribution in [0.25, 0.3) is 0 Å². The van der Waals surface area contributed by atoms with Crippen molar-refractivity contribution >= 4 is 45.8 Å². The normalized spacial score (nSPS) is 19.8. The molecule has 0 aromatic heterocycles. The topological polar surface area (TPSA) is 61.9 Å². The minimum Gasteiger partial charge on any atom is -0.482 e. The van der Waals surface area contributed by atoms with E-state index in [9.17, 15) is 9.59 Å². The zero-order valence-electron chi connectivity index (χ0n) is 14.2. The molecule has 1 saturated heterocycles. The third-order valence-electron chi connectivity index (χ3n) is 4.52. The number of piperidine rings is 1. The minimum absolute atomic E-state index is 0. The van der Waals surface area contributed by atoms with Crippen molar-refractivity contribution in [1.29, 1.82) is 0 Å². The van der Waals surface area contributed by atoms with E-state index in [1.54, 1.807) is 0 Å². The predicted octanol–water partition coefficient (Wildman–Crippen LogP) is 2.05. The number of anilines is 1. The van der Waals surface area contributed by atoms with Gasteiger partial charge in [-0.25, -0.2) is 0 Å². The molecule has 1 N–H and O–H groups in total. The summed E-state index contributed by atoms with van der Waals surface area (Å²) in [4.78, 5) is 28.4. The van der Waals surface area contributed by atoms with Crippen LogP contribution in [0.1, 0.15) is 12.8 Å². The molecule has 2 amide bonds. The number of rotatable bonds is 4. The van der Waals surface area contributed by atoms with Crippen molar-refractivity contribution in [3.05, 3.63) is 22.7 Å². The number of amides is 2. The van der Waals surface area contributed by atoms with Crippen molar-refractivity contribution in [2.75, 3.05) is 44.7 Å². The molecule has 138 valence electrons. The number of benzene rings is 1. The van der Waals surface area contributed by atoms with Crippen molar-refractivity contribution < 1.29 is 14.3 Å². The Morgan fingerprint density at radius 3 is 3.00 bits per heavy atom. The zero-order chi connectivity index (χ0) is 17.1. The first-order valence-corrected chi connectivity index (χ1v) is 9.03. The summed E-state index contributed by atoms with van der Waals surface area (Å²) in [5, 5.41) is 3.18. The van der Waals surface area contributed by atoms with E-state index < -0.39 is 0 Å². The number of nitrogens with one attached hydrogen (secondary N) is 1. The molecule has 1 atom stereocenters. The molecule has 0 radical (unpaired) electrons. The summed E-state index contributed by atoms with van der Waals surface area (Å²) in [7, 11) is 1.93. The molecular weight excluding hydrogens is 410 g/mol. The van der Waals surface area contributed by atoms with Gasteiger partial charge in [0.25, 0.3) is 5.91 Å². The van der Waals surface area contributed by atoms with Crippen molar-refractivity contribution in [1.82, 2.24) is 10.2 Å². The monoisotopic (exact) mass is 431 g/mol. The molecule has 1 unspecified atom stereocenters. The fourth-order valence-electron chi connectivity index (χ4n) is 3.33. The second-order valence-electron chi connectivity index (χ2n) is 6.29. The summed E-state index contributed by atoms with van der Waals surface area (Å²) in [5.41, 5.74) is 0.659. The van der Waals surface area contributed by atoms with E-state index in [4.69, 9.17) is 4.74 Å². The molecule has 0 aliphatic carbocycles. The number of nitrogens with zero attached hydrogens (tertiary/aromatic N) is 2. The van der Waals surface area contributed by atoms with Gasteiger partial charge in [0.15, 0.2) is 6.61 Å². The first-order valence-electron chi connectivity index (χ1n) is 8.23. The van der Waals surface area contributed by atoms with E-state index in [0.29, 0.717) is 17.4 Å². The van der Waals surface area contributed by atoms with E-state index in [1.165, 1.54) is 4.90 Å². The maximum Gasteiger partial charge on any atom is 0.265 e. The highest BCUT2D eigenvalue weighted by Gasteiger charge is 2.30. The summed E-state index contributed by atoms with van der Waals surface area (Å²) in [6, 6.07) is 5.48. The molecule has 2 heterocycles. The highest BCUT2D eigenvalue weighted by molar-refractivity contribution is 9.10. The smallest absolute Gasteiger partial charge is 0.265 e. The van der Waals surface area contributed by atoms with Gasteiger partial charge in [0, 0.05) is 17.6 Å². The molecule has 1 fully saturated rings. The van der Waals surface area contributed by atoms with Crippen LogP contribution in [0.3, 0.4) is 0 Å². The van der Waals surface area contributed by atoms with Crippen LogP contribution < -0.4 is 15.0 Å². The number of ether oxygens (including phenoxy) is 1. The Labute approximate surface area is 162 Å². The molecule has 1 aromatic carbocycles. The largest absolute Gasteiger partial charge is 0.482 e. The number of likely N-dealkylation sites (tertiary alicyclic amines) is 1. The van der Waals surface area contributed by atoms with Crippen molar-refractivity contribution in [2.45, 2.75) is 12.8 Å². The van der Waals surface area contributed by atoms with Crippen LogP contribution >= 0.6 is 28.3 Å². The third-order valence-corrected chi connectivity index (χ3v) is 5.02. The SMILES string of the molecule is CNCC1CCCN(C(=O)CN2C(=O)COc3cc(Br)ccc32)C1.Cl. The van der Waals surface area contributed by atoms with Crippen molar-refractivity contribution in [3.63, 3.8) is 0 Å². The van der Waals surface area contributed by atoms with E-state index in [1.807, 2.05) is 30.1 Å². The summed E-state index contributed by atoms with van der Waals surface area (Å²) >= 11 is 3.40. The highest BCUT2D eigenvalue weighted by Crippen LogP contribution is 2.34. The zero-order valence-corrected chi connectivity index (χ0v) is 16.6. The second-order valence-corrected chi connectivity index (χ2v) is 7.20. The number of carbonyl (C=O) groups is 2. The first-order chi connectivity index (χ1) is 11.6. The van der Waals surface area contributed by atoms with E-state index in [-0.39, 0.29) is 37.4 Å². The minimum atomic E-state index is -0.179. The van der Waals surface area contributed by atoms with E-state index >= 15 is 0 Å². The van der Waals surface area contributed by atoms with Crippen LogP contribution in [-0.4, -0.2) is 56.5 Å². The number of hydrogen-bond donors (Lipinski definition) is 1. The number of carbonyl (C=O) groups excluding carboxylic acids is 2. The lowest BCUT2D eigenvalue weighted by Crippen LogP contribution is -2.49. The molecule has 0 bridgehead atoms. The van der Waals surface area contributed by atoms with Gasteiger partial charge < -0.3 is 15.0 Å². The standard InChI is InChI=1S/C17H22BrN3O3.ClH/c1-19-8-12-3-2-6-20(9-12)16(22)10-21-14-5-4-13(18)7-15(14)24-11-17(21)23;/h4-5,7,12,19H,2-3,6,8-11H2,1H3;1H. The Balaban J connectivity index is 0.00000225. The predicted molar refractivity (Wildman–Crippen MR) is 102 cm³/mol. The molecule has 0 spiro atoms. The quantitative estimate of drug-likeness (QED) is 0.791. The van der Waals surface area contributed by atoms with Gasteiger partial charge in [-0.1, -0.05) is 15.9 Å². The first kappa shape index (κ1) is 20.0. The summed E-state index contributed by atoms with van der Waals surface area (Å²) in [6.45, 7) is 2.48. The lowest BCUT2D eigenvalue weighted by atomic mass is 9.98. The van der Waals surface area contributed by atoms with Gasteiger partial charge in [-0.15, -0.1) is 12.4 Å². The Kier molecular flexibility index (Phi) is 7.10. The summed E-state index contributed by atoms with van der Waals surface area (Å²) in [5.74, 6) is 0.932. The Bertz CT molecular complexity index is 642.